The monoisotopic (exact) mass is 244 g/mol. The first-order valence-corrected chi connectivity index (χ1v) is 7.16. The van der Waals surface area contributed by atoms with Crippen LogP contribution in [0.4, 0.5) is 0 Å². The Morgan fingerprint density at radius 3 is 1.29 bits per heavy atom. The van der Waals surface area contributed by atoms with Crippen LogP contribution in [0.25, 0.3) is 0 Å². The highest BCUT2D eigenvalue weighted by molar-refractivity contribution is 7.90. The van der Waals surface area contributed by atoms with Gasteiger partial charge in [0, 0.05) is 0 Å². The molecule has 2 atom stereocenters. The second kappa shape index (κ2) is 3.76. The number of hydrogen-bond donors (Lipinski definition) is 2. The van der Waals surface area contributed by atoms with Crippen LogP contribution in [0, 0.1) is 0 Å². The first kappa shape index (κ1) is 11.9. The van der Waals surface area contributed by atoms with E-state index in [0.717, 1.165) is 0 Å². The maximum atomic E-state index is 10.8. The molecule has 1 saturated carbocycles. The average molecular weight is 244 g/mol. The lowest BCUT2D eigenvalue weighted by atomic mass is 10.00. The van der Waals surface area contributed by atoms with Crippen molar-refractivity contribution < 1.29 is 25.9 Å². The lowest BCUT2D eigenvalue weighted by Crippen LogP contribution is -2.41. The molecule has 1 aliphatic carbocycles. The topological polar surface area (TPSA) is 109 Å². The molecule has 0 aromatic carbocycles. The summed E-state index contributed by atoms with van der Waals surface area (Å²) >= 11 is 0. The molecule has 1 aliphatic rings. The van der Waals surface area contributed by atoms with E-state index < -0.39 is 30.7 Å². The van der Waals surface area contributed by atoms with E-state index in [-0.39, 0.29) is 12.8 Å². The Labute approximate surface area is 82.8 Å². The van der Waals surface area contributed by atoms with Gasteiger partial charge in [0.05, 0.1) is 0 Å². The highest BCUT2D eigenvalue weighted by atomic mass is 32.2. The molecule has 0 aromatic rings. The molecule has 6 nitrogen and oxygen atoms in total. The Hall–Kier alpha value is -0.180. The lowest BCUT2D eigenvalue weighted by Gasteiger charge is -2.26. The first-order chi connectivity index (χ1) is 6.23. The third-order valence-electron chi connectivity index (χ3n) is 2.41. The maximum Gasteiger partial charge on any atom is 0.269 e. The Morgan fingerprint density at radius 1 is 0.786 bits per heavy atom. The molecule has 0 bridgehead atoms. The van der Waals surface area contributed by atoms with Gasteiger partial charge in [0.2, 0.25) is 0 Å². The van der Waals surface area contributed by atoms with Gasteiger partial charge in [-0.25, -0.2) is 0 Å². The van der Waals surface area contributed by atoms with E-state index in [1.54, 1.807) is 0 Å². The van der Waals surface area contributed by atoms with E-state index in [0.29, 0.717) is 12.8 Å². The van der Waals surface area contributed by atoms with Crippen molar-refractivity contribution in [3.63, 3.8) is 0 Å². The molecule has 0 radical (unpaired) electrons. The molecule has 0 saturated heterocycles. The average Bonchev–Trinajstić information content (AvgIpc) is 2.01. The zero-order valence-corrected chi connectivity index (χ0v) is 8.96. The van der Waals surface area contributed by atoms with Gasteiger partial charge in [-0.3, -0.25) is 9.11 Å². The minimum absolute atomic E-state index is 0.0727. The molecule has 8 heteroatoms. The zero-order chi connectivity index (χ0) is 11.0. The molecule has 0 heterocycles. The van der Waals surface area contributed by atoms with Crippen molar-refractivity contribution in [2.75, 3.05) is 0 Å². The predicted octanol–water partition coefficient (Wildman–Crippen LogP) is 0.0732. The Kier molecular flexibility index (Phi) is 3.20. The third kappa shape index (κ3) is 2.66. The molecule has 2 N–H and O–H groups in total. The van der Waals surface area contributed by atoms with Gasteiger partial charge < -0.3 is 0 Å². The summed E-state index contributed by atoms with van der Waals surface area (Å²) in [7, 11) is -8.79. The van der Waals surface area contributed by atoms with Gasteiger partial charge in [0.25, 0.3) is 20.2 Å². The van der Waals surface area contributed by atoms with Gasteiger partial charge in [-0.15, -0.1) is 0 Å². The van der Waals surface area contributed by atoms with Crippen LogP contribution in [0.1, 0.15) is 25.7 Å². The van der Waals surface area contributed by atoms with E-state index in [1.807, 2.05) is 0 Å². The third-order valence-corrected chi connectivity index (χ3v) is 5.24. The van der Waals surface area contributed by atoms with Crippen LogP contribution >= 0.6 is 0 Å². The van der Waals surface area contributed by atoms with Crippen LogP contribution in [-0.4, -0.2) is 36.4 Å². The molecular formula is C6H12O6S2. The SMILES string of the molecule is O=S(=O)(O)[C@H]1CCCC[C@@H]1S(=O)(=O)O. The molecule has 0 amide bonds. The highest BCUT2D eigenvalue weighted by Crippen LogP contribution is 2.28. The molecule has 0 spiro atoms. The molecule has 1 rings (SSSR count). The van der Waals surface area contributed by atoms with Crippen molar-refractivity contribution in [2.45, 2.75) is 36.2 Å². The minimum Gasteiger partial charge on any atom is -0.285 e. The summed E-state index contributed by atoms with van der Waals surface area (Å²) in [6.07, 6.45) is 1.22. The second-order valence-corrected chi connectivity index (χ2v) is 6.66. The van der Waals surface area contributed by atoms with Gasteiger partial charge in [0.1, 0.15) is 10.5 Å². The standard InChI is InChI=1S/C6H12O6S2/c7-13(8,9)5-3-1-2-4-6(5)14(10,11)12/h5-6H,1-4H2,(H,7,8,9)(H,10,11,12)/t5-,6-/m0/s1. The molecule has 0 aromatic heterocycles. The summed E-state index contributed by atoms with van der Waals surface area (Å²) in [6, 6.07) is 0. The van der Waals surface area contributed by atoms with Crippen LogP contribution < -0.4 is 0 Å². The summed E-state index contributed by atoms with van der Waals surface area (Å²) in [5, 5.41) is -2.77. The van der Waals surface area contributed by atoms with E-state index in [9.17, 15) is 16.8 Å². The van der Waals surface area contributed by atoms with Crippen molar-refractivity contribution >= 4 is 20.2 Å². The Morgan fingerprint density at radius 2 is 1.07 bits per heavy atom. The summed E-state index contributed by atoms with van der Waals surface area (Å²) in [5.74, 6) is 0. The molecular weight excluding hydrogens is 232 g/mol. The molecule has 0 aliphatic heterocycles. The summed E-state index contributed by atoms with van der Waals surface area (Å²) in [5.41, 5.74) is 0. The highest BCUT2D eigenvalue weighted by Gasteiger charge is 2.41. The van der Waals surface area contributed by atoms with Crippen LogP contribution in [0.3, 0.4) is 0 Å². The fourth-order valence-corrected chi connectivity index (χ4v) is 4.56. The van der Waals surface area contributed by atoms with Crippen LogP contribution in [-0.2, 0) is 20.2 Å². The van der Waals surface area contributed by atoms with Gasteiger partial charge >= 0.3 is 0 Å². The van der Waals surface area contributed by atoms with E-state index in [1.165, 1.54) is 0 Å². The largest absolute Gasteiger partial charge is 0.285 e. The van der Waals surface area contributed by atoms with E-state index in [4.69, 9.17) is 9.11 Å². The Balaban J connectivity index is 3.03. The second-order valence-electron chi connectivity index (χ2n) is 3.39. The quantitative estimate of drug-likeness (QED) is 0.665. The first-order valence-electron chi connectivity index (χ1n) is 4.15. The van der Waals surface area contributed by atoms with E-state index >= 15 is 0 Å². The molecule has 1 fully saturated rings. The molecule has 0 unspecified atom stereocenters. The molecule has 84 valence electrons. The normalized spacial score (nSPS) is 30.1. The van der Waals surface area contributed by atoms with Crippen LogP contribution in [0.15, 0.2) is 0 Å². The van der Waals surface area contributed by atoms with Crippen molar-refractivity contribution in [1.82, 2.24) is 0 Å². The number of rotatable bonds is 2. The zero-order valence-electron chi connectivity index (χ0n) is 7.33. The predicted molar refractivity (Wildman–Crippen MR) is 49.1 cm³/mol. The van der Waals surface area contributed by atoms with Crippen LogP contribution in [0.5, 0.6) is 0 Å². The fraction of sp³-hybridized carbons (Fsp3) is 1.00. The fourth-order valence-electron chi connectivity index (χ4n) is 1.74. The molecule has 14 heavy (non-hydrogen) atoms. The van der Waals surface area contributed by atoms with E-state index in [2.05, 4.69) is 0 Å². The van der Waals surface area contributed by atoms with Gasteiger partial charge in [-0.2, -0.15) is 16.8 Å². The van der Waals surface area contributed by atoms with Gasteiger partial charge in [0.15, 0.2) is 0 Å². The summed E-state index contributed by atoms with van der Waals surface area (Å²) in [4.78, 5) is 0. The Bertz CT molecular complexity index is 354. The van der Waals surface area contributed by atoms with Crippen molar-refractivity contribution in [1.29, 1.82) is 0 Å². The smallest absolute Gasteiger partial charge is 0.269 e. The van der Waals surface area contributed by atoms with Crippen molar-refractivity contribution in [3.8, 4) is 0 Å². The summed E-state index contributed by atoms with van der Waals surface area (Å²) < 4.78 is 60.8. The van der Waals surface area contributed by atoms with Gasteiger partial charge in [-0.1, -0.05) is 12.8 Å². The van der Waals surface area contributed by atoms with Crippen LogP contribution in [0.2, 0.25) is 0 Å². The number of hydrogen-bond acceptors (Lipinski definition) is 4. The van der Waals surface area contributed by atoms with Crippen molar-refractivity contribution in [3.05, 3.63) is 0 Å². The van der Waals surface area contributed by atoms with Gasteiger partial charge in [-0.05, 0) is 12.8 Å². The summed E-state index contributed by atoms with van der Waals surface area (Å²) in [6.45, 7) is 0. The maximum absolute atomic E-state index is 10.8. The minimum atomic E-state index is -4.40. The lowest BCUT2D eigenvalue weighted by molar-refractivity contribution is 0.398. The van der Waals surface area contributed by atoms with Crippen molar-refractivity contribution in [2.24, 2.45) is 0 Å².